The van der Waals surface area contributed by atoms with Crippen LogP contribution in [0.1, 0.15) is 12.5 Å². The van der Waals surface area contributed by atoms with Crippen molar-refractivity contribution in [1.82, 2.24) is 0 Å². The Morgan fingerprint density at radius 2 is 1.68 bits per heavy atom. The summed E-state index contributed by atoms with van der Waals surface area (Å²) in [5, 5.41) is 7.42. The van der Waals surface area contributed by atoms with E-state index in [-0.39, 0.29) is 75.0 Å². The average Bonchev–Trinajstić information content (AvgIpc) is 2.36. The summed E-state index contributed by atoms with van der Waals surface area (Å²) in [5.41, 5.74) is 5.70. The zero-order valence-corrected chi connectivity index (χ0v) is 16.9. The number of benzene rings is 1. The first-order valence-corrected chi connectivity index (χ1v) is 7.18. The fraction of sp³-hybridized carbons (Fsp3) is 0.417. The van der Waals surface area contributed by atoms with Gasteiger partial charge in [0.1, 0.15) is 10.1 Å². The summed E-state index contributed by atoms with van der Waals surface area (Å²) in [4.78, 5) is 8.68. The monoisotopic (exact) mass is 359 g/mol. The van der Waals surface area contributed by atoms with Crippen molar-refractivity contribution in [2.45, 2.75) is 18.2 Å². The molecule has 0 saturated carbocycles. The van der Waals surface area contributed by atoms with Crippen LogP contribution in [0.25, 0.3) is 0 Å². The number of aliphatic carboxylic acids is 1. The van der Waals surface area contributed by atoms with Gasteiger partial charge in [0.15, 0.2) is 11.5 Å². The fourth-order valence-corrected chi connectivity index (χ4v) is 2.22. The Labute approximate surface area is 172 Å². The third-order valence-corrected chi connectivity index (χ3v) is 3.17. The van der Waals surface area contributed by atoms with Gasteiger partial charge in [0.2, 0.25) is 0 Å². The first-order valence-electron chi connectivity index (χ1n) is 5.77. The second kappa shape index (κ2) is 11.4. The van der Waals surface area contributed by atoms with Gasteiger partial charge < -0.3 is 24.9 Å². The van der Waals surface area contributed by atoms with E-state index in [0.717, 1.165) is 13.0 Å². The molecule has 1 rings (SSSR count). The van der Waals surface area contributed by atoms with Crippen molar-refractivity contribution in [2.75, 3.05) is 20.8 Å². The van der Waals surface area contributed by atoms with Crippen molar-refractivity contribution in [1.29, 1.82) is 0 Å². The van der Waals surface area contributed by atoms with Gasteiger partial charge >= 0.3 is 51.4 Å². The van der Waals surface area contributed by atoms with Crippen LogP contribution in [-0.4, -0.2) is 44.8 Å². The maximum absolute atomic E-state index is 11.1. The van der Waals surface area contributed by atoms with Crippen LogP contribution in [-0.2, 0) is 21.3 Å². The number of hydrogen-bond acceptors (Lipinski definition) is 7. The van der Waals surface area contributed by atoms with Gasteiger partial charge in [0.05, 0.1) is 19.1 Å². The van der Waals surface area contributed by atoms with E-state index in [9.17, 15) is 13.0 Å². The Balaban J connectivity index is 0. The summed E-state index contributed by atoms with van der Waals surface area (Å²) < 4.78 is 43.3. The largest absolute Gasteiger partial charge is 1.00 e. The average molecular weight is 359 g/mol. The predicted molar refractivity (Wildman–Crippen MR) is 73.6 cm³/mol. The van der Waals surface area contributed by atoms with Crippen molar-refractivity contribution < 1.29 is 83.7 Å². The molecule has 0 aliphatic heterocycles. The van der Waals surface area contributed by atoms with Crippen LogP contribution in [0.15, 0.2) is 17.0 Å². The van der Waals surface area contributed by atoms with Gasteiger partial charge in [0.25, 0.3) is 5.97 Å². The van der Waals surface area contributed by atoms with E-state index in [2.05, 4.69) is 0 Å². The van der Waals surface area contributed by atoms with Crippen molar-refractivity contribution in [3.8, 4) is 11.5 Å². The van der Waals surface area contributed by atoms with Crippen LogP contribution >= 0.6 is 0 Å². The van der Waals surface area contributed by atoms with Crippen molar-refractivity contribution in [2.24, 2.45) is 5.73 Å². The van der Waals surface area contributed by atoms with Gasteiger partial charge in [-0.15, -0.1) is 0 Å². The number of carbonyl (C=O) groups is 1. The van der Waals surface area contributed by atoms with Crippen LogP contribution in [0, 0.1) is 0 Å². The second-order valence-electron chi connectivity index (χ2n) is 3.83. The molecule has 0 aliphatic rings. The van der Waals surface area contributed by atoms with Crippen molar-refractivity contribution in [3.63, 3.8) is 0 Å². The molecule has 120 valence electrons. The first-order chi connectivity index (χ1) is 9.67. The molecule has 3 N–H and O–H groups in total. The molecule has 0 unspecified atom stereocenters. The number of carboxylic acid groups (broad SMARTS) is 1. The molecule has 0 fully saturated rings. The van der Waals surface area contributed by atoms with Crippen molar-refractivity contribution in [3.05, 3.63) is 17.7 Å². The third kappa shape index (κ3) is 8.43. The number of nitrogens with two attached hydrogens (primary N) is 1. The normalized spacial score (nSPS) is 9.86. The molecule has 0 bridgehead atoms. The number of carboxylic acids is 1. The summed E-state index contributed by atoms with van der Waals surface area (Å²) in [6.07, 6.45) is 0.275. The van der Waals surface area contributed by atoms with E-state index in [1.165, 1.54) is 20.3 Å². The number of methoxy groups -OCH3 is 2. The molecule has 0 aliphatic carbocycles. The molecule has 8 nitrogen and oxygen atoms in total. The minimum Gasteiger partial charge on any atom is -0.744 e. The smallest absolute Gasteiger partial charge is 0.744 e. The van der Waals surface area contributed by atoms with E-state index in [1.807, 2.05) is 0 Å². The van der Waals surface area contributed by atoms with Crippen LogP contribution in [0.2, 0.25) is 0 Å². The molecule has 0 saturated heterocycles. The second-order valence-corrected chi connectivity index (χ2v) is 5.17. The van der Waals surface area contributed by atoms with Gasteiger partial charge in [-0.25, -0.2) is 8.42 Å². The predicted octanol–water partition coefficient (Wildman–Crippen LogP) is -2.80. The Kier molecular flexibility index (Phi) is 12.4. The maximum Gasteiger partial charge on any atom is 1.00 e. The Bertz CT molecular complexity index is 585. The standard InChI is InChI=1S/C10H15NO5S.C2H4O2.K/c1-15-8-5-7(3-4-11)10(17(12,13)14)6-9(8)16-2;1-2(3)4;/h5-6H,3-4,11H2,1-2H3,(H,12,13,14);1H3,(H,3,4);/q;;+1/p-1. The van der Waals surface area contributed by atoms with E-state index in [0.29, 0.717) is 11.3 Å². The van der Waals surface area contributed by atoms with Crippen molar-refractivity contribution >= 4 is 16.1 Å². The Morgan fingerprint density at radius 3 is 2.00 bits per heavy atom. The molecule has 10 heteroatoms. The summed E-state index contributed by atoms with van der Waals surface area (Å²) in [6.45, 7) is 1.32. The van der Waals surface area contributed by atoms with Gasteiger partial charge in [-0.3, -0.25) is 4.79 Å². The molecule has 0 atom stereocenters. The molecule has 1 aromatic rings. The summed E-state index contributed by atoms with van der Waals surface area (Å²) >= 11 is 0. The number of ether oxygens (including phenoxy) is 2. The molecule has 0 spiro atoms. The van der Waals surface area contributed by atoms with Crippen LogP contribution in [0.5, 0.6) is 11.5 Å². The Morgan fingerprint density at radius 1 is 1.27 bits per heavy atom. The molecular weight excluding hydrogens is 341 g/mol. The van der Waals surface area contributed by atoms with Gasteiger partial charge in [-0.05, 0) is 24.6 Å². The number of hydrogen-bond donors (Lipinski definition) is 2. The molecule has 1 aromatic carbocycles. The molecule has 0 aromatic heterocycles. The van der Waals surface area contributed by atoms with E-state index >= 15 is 0 Å². The summed E-state index contributed by atoms with van der Waals surface area (Å²) in [6, 6.07) is 2.61. The molecule has 22 heavy (non-hydrogen) atoms. The molecule has 0 radical (unpaired) electrons. The summed E-state index contributed by atoms with van der Waals surface area (Å²) in [5.74, 6) is -0.272. The third-order valence-electron chi connectivity index (χ3n) is 2.25. The topological polar surface area (TPSA) is 139 Å². The first kappa shape index (κ1) is 24.1. The zero-order chi connectivity index (χ0) is 16.6. The zero-order valence-electron chi connectivity index (χ0n) is 13.0. The van der Waals surface area contributed by atoms with Crippen LogP contribution in [0.4, 0.5) is 0 Å². The molecular formula is C12H18KNO7S. The quantitative estimate of drug-likeness (QED) is 0.425. The minimum absolute atomic E-state index is 0. The maximum atomic E-state index is 11.1. The molecule has 0 amide bonds. The van der Waals surface area contributed by atoms with Gasteiger partial charge in [0, 0.05) is 13.0 Å². The van der Waals surface area contributed by atoms with Crippen LogP contribution in [0.3, 0.4) is 0 Å². The fourth-order valence-electron chi connectivity index (χ4n) is 1.49. The minimum atomic E-state index is -4.55. The van der Waals surface area contributed by atoms with E-state index in [4.69, 9.17) is 25.1 Å². The van der Waals surface area contributed by atoms with E-state index in [1.54, 1.807) is 0 Å². The summed E-state index contributed by atoms with van der Waals surface area (Å²) in [7, 11) is -1.77. The Hall–Kier alpha value is -0.204. The van der Waals surface area contributed by atoms with Crippen LogP contribution < -0.4 is 66.6 Å². The SMILES string of the molecule is CC(=O)O.COc1cc(CCN)c(S(=O)(=O)[O-])cc1OC.[K+]. The van der Waals surface area contributed by atoms with E-state index < -0.39 is 16.1 Å². The number of rotatable bonds is 5. The van der Waals surface area contributed by atoms with Gasteiger partial charge in [-0.1, -0.05) is 0 Å². The molecule has 0 heterocycles. The van der Waals surface area contributed by atoms with Gasteiger partial charge in [-0.2, -0.15) is 0 Å².